The van der Waals surface area contributed by atoms with Crippen LogP contribution in [0.3, 0.4) is 0 Å². The molecule has 0 aromatic heterocycles. The third-order valence-electron chi connectivity index (χ3n) is 2.91. The van der Waals surface area contributed by atoms with Crippen LogP contribution in [-0.4, -0.2) is 19.0 Å². The lowest BCUT2D eigenvalue weighted by atomic mass is 10.0. The molecule has 1 aromatic carbocycles. The second-order valence-corrected chi connectivity index (χ2v) is 5.28. The summed E-state index contributed by atoms with van der Waals surface area (Å²) in [6, 6.07) is 3.70. The van der Waals surface area contributed by atoms with Crippen LogP contribution in [0, 0.1) is 5.92 Å². The van der Waals surface area contributed by atoms with Crippen LogP contribution in [0.2, 0.25) is 0 Å². The number of nitrogens with zero attached hydrogens (tertiary/aromatic N) is 1. The molecule has 0 unspecified atom stereocenters. The summed E-state index contributed by atoms with van der Waals surface area (Å²) in [5.41, 5.74) is 10.4. The summed E-state index contributed by atoms with van der Waals surface area (Å²) in [5, 5.41) is 0. The van der Waals surface area contributed by atoms with Gasteiger partial charge in [-0.05, 0) is 29.7 Å². The molecular formula is C14H20F3N3O. The number of halogens is 3. The van der Waals surface area contributed by atoms with Gasteiger partial charge in [-0.25, -0.2) is 0 Å². The van der Waals surface area contributed by atoms with E-state index in [9.17, 15) is 18.0 Å². The van der Waals surface area contributed by atoms with E-state index >= 15 is 0 Å². The summed E-state index contributed by atoms with van der Waals surface area (Å²) >= 11 is 0. The van der Waals surface area contributed by atoms with Gasteiger partial charge in [0.2, 0.25) is 5.91 Å². The number of nitrogens with two attached hydrogens (primary N) is 2. The maximum absolute atomic E-state index is 12.8. The van der Waals surface area contributed by atoms with Gasteiger partial charge >= 0.3 is 6.18 Å². The lowest BCUT2D eigenvalue weighted by molar-refractivity contribution is -0.138. The van der Waals surface area contributed by atoms with Gasteiger partial charge < -0.3 is 16.4 Å². The Morgan fingerprint density at radius 2 is 1.95 bits per heavy atom. The van der Waals surface area contributed by atoms with Crippen LogP contribution in [0.1, 0.15) is 25.0 Å². The Bertz CT molecular complexity index is 501. The first kappa shape index (κ1) is 17.3. The highest BCUT2D eigenvalue weighted by Gasteiger charge is 2.33. The van der Waals surface area contributed by atoms with E-state index < -0.39 is 17.6 Å². The predicted octanol–water partition coefficient (Wildman–Crippen LogP) is 2.11. The Morgan fingerprint density at radius 1 is 1.33 bits per heavy atom. The molecule has 4 nitrogen and oxygen atoms in total. The van der Waals surface area contributed by atoms with Gasteiger partial charge in [-0.1, -0.05) is 13.8 Å². The van der Waals surface area contributed by atoms with Crippen molar-refractivity contribution in [2.45, 2.75) is 26.6 Å². The van der Waals surface area contributed by atoms with Crippen molar-refractivity contribution in [1.29, 1.82) is 0 Å². The van der Waals surface area contributed by atoms with Crippen molar-refractivity contribution in [2.75, 3.05) is 18.0 Å². The minimum absolute atomic E-state index is 0.00164. The minimum atomic E-state index is -4.44. The lowest BCUT2D eigenvalue weighted by Gasteiger charge is -2.26. The number of hydrogen-bond acceptors (Lipinski definition) is 3. The Kier molecular flexibility index (Phi) is 5.60. The maximum Gasteiger partial charge on any atom is 0.416 e. The fourth-order valence-electron chi connectivity index (χ4n) is 2.11. The minimum Gasteiger partial charge on any atom is -0.368 e. The predicted molar refractivity (Wildman–Crippen MR) is 75.6 cm³/mol. The normalized spacial score (nSPS) is 11.8. The lowest BCUT2D eigenvalue weighted by Crippen LogP contribution is -2.36. The van der Waals surface area contributed by atoms with Crippen LogP contribution in [0.4, 0.5) is 18.9 Å². The molecule has 4 N–H and O–H groups in total. The summed E-state index contributed by atoms with van der Waals surface area (Å²) in [6.45, 7) is 4.13. The van der Waals surface area contributed by atoms with E-state index in [4.69, 9.17) is 11.5 Å². The molecule has 0 saturated carbocycles. The quantitative estimate of drug-likeness (QED) is 0.845. The number of benzene rings is 1. The molecule has 1 aromatic rings. The highest BCUT2D eigenvalue weighted by Crippen LogP contribution is 2.34. The fourth-order valence-corrected chi connectivity index (χ4v) is 2.11. The monoisotopic (exact) mass is 303 g/mol. The second kappa shape index (κ2) is 6.80. The van der Waals surface area contributed by atoms with E-state index in [0.29, 0.717) is 12.2 Å². The van der Waals surface area contributed by atoms with Crippen LogP contribution in [0.15, 0.2) is 18.2 Å². The van der Waals surface area contributed by atoms with Crippen LogP contribution in [-0.2, 0) is 17.5 Å². The van der Waals surface area contributed by atoms with Crippen molar-refractivity contribution in [3.63, 3.8) is 0 Å². The zero-order valence-corrected chi connectivity index (χ0v) is 12.1. The molecule has 0 aliphatic carbocycles. The highest BCUT2D eigenvalue weighted by molar-refractivity contribution is 5.79. The maximum atomic E-state index is 12.8. The second-order valence-electron chi connectivity index (χ2n) is 5.28. The first-order chi connectivity index (χ1) is 9.65. The molecule has 21 heavy (non-hydrogen) atoms. The first-order valence-electron chi connectivity index (χ1n) is 6.58. The van der Waals surface area contributed by atoms with E-state index in [0.717, 1.165) is 6.07 Å². The van der Waals surface area contributed by atoms with Crippen LogP contribution >= 0.6 is 0 Å². The molecule has 118 valence electrons. The van der Waals surface area contributed by atoms with Crippen molar-refractivity contribution in [3.05, 3.63) is 29.3 Å². The largest absolute Gasteiger partial charge is 0.416 e. The van der Waals surface area contributed by atoms with Gasteiger partial charge in [-0.3, -0.25) is 4.79 Å². The summed E-state index contributed by atoms with van der Waals surface area (Å²) in [5.74, 6) is -0.308. The molecule has 1 rings (SSSR count). The van der Waals surface area contributed by atoms with E-state index in [-0.39, 0.29) is 24.6 Å². The van der Waals surface area contributed by atoms with Crippen LogP contribution < -0.4 is 16.4 Å². The van der Waals surface area contributed by atoms with Gasteiger partial charge in [0.05, 0.1) is 12.1 Å². The van der Waals surface area contributed by atoms with Crippen LogP contribution in [0.5, 0.6) is 0 Å². The van der Waals surface area contributed by atoms with Gasteiger partial charge in [0.25, 0.3) is 0 Å². The van der Waals surface area contributed by atoms with E-state index in [1.807, 2.05) is 13.8 Å². The Morgan fingerprint density at radius 3 is 2.38 bits per heavy atom. The summed E-state index contributed by atoms with van der Waals surface area (Å²) in [7, 11) is 0. The summed E-state index contributed by atoms with van der Waals surface area (Å²) in [4.78, 5) is 12.8. The topological polar surface area (TPSA) is 72.3 Å². The molecule has 0 radical (unpaired) electrons. The number of primary amides is 1. The van der Waals surface area contributed by atoms with Crippen LogP contribution in [0.25, 0.3) is 0 Å². The first-order valence-corrected chi connectivity index (χ1v) is 6.58. The van der Waals surface area contributed by atoms with Crippen molar-refractivity contribution in [3.8, 4) is 0 Å². The summed E-state index contributed by atoms with van der Waals surface area (Å²) < 4.78 is 38.5. The third-order valence-corrected chi connectivity index (χ3v) is 2.91. The molecule has 0 aliphatic rings. The van der Waals surface area contributed by atoms with E-state index in [1.54, 1.807) is 4.90 Å². The average molecular weight is 303 g/mol. The van der Waals surface area contributed by atoms with Gasteiger partial charge in [0, 0.05) is 18.8 Å². The van der Waals surface area contributed by atoms with Crippen molar-refractivity contribution < 1.29 is 18.0 Å². The Hall–Kier alpha value is -1.76. The fraction of sp³-hybridized carbons (Fsp3) is 0.500. The SMILES string of the molecule is CC(C)CN(CC(N)=O)c1ccc(C(F)(F)F)c(CN)c1. The van der Waals surface area contributed by atoms with Crippen molar-refractivity contribution in [1.82, 2.24) is 0 Å². The highest BCUT2D eigenvalue weighted by atomic mass is 19.4. The van der Waals surface area contributed by atoms with Gasteiger partial charge in [-0.15, -0.1) is 0 Å². The zero-order chi connectivity index (χ0) is 16.2. The molecule has 0 spiro atoms. The van der Waals surface area contributed by atoms with Crippen molar-refractivity contribution in [2.24, 2.45) is 17.4 Å². The molecule has 7 heteroatoms. The van der Waals surface area contributed by atoms with Crippen molar-refractivity contribution >= 4 is 11.6 Å². The van der Waals surface area contributed by atoms with E-state index in [2.05, 4.69) is 0 Å². The summed E-state index contributed by atoms with van der Waals surface area (Å²) in [6.07, 6.45) is -4.44. The molecule has 0 heterocycles. The molecule has 0 saturated heterocycles. The Labute approximate surface area is 121 Å². The molecule has 0 atom stereocenters. The number of hydrogen-bond donors (Lipinski definition) is 2. The average Bonchev–Trinajstić information content (AvgIpc) is 2.35. The number of carbonyl (C=O) groups is 1. The molecule has 1 amide bonds. The third kappa shape index (κ3) is 4.93. The molecule has 0 aliphatic heterocycles. The number of carbonyl (C=O) groups excluding carboxylic acids is 1. The number of alkyl halides is 3. The number of rotatable bonds is 6. The molecule has 0 bridgehead atoms. The standard InChI is InChI=1S/C14H20F3N3O/c1-9(2)7-20(8-13(19)21)11-3-4-12(14(15,16)17)10(5-11)6-18/h3-5,9H,6-8,18H2,1-2H3,(H2,19,21). The van der Waals surface area contributed by atoms with Gasteiger partial charge in [-0.2, -0.15) is 13.2 Å². The zero-order valence-electron chi connectivity index (χ0n) is 12.1. The smallest absolute Gasteiger partial charge is 0.368 e. The molecular weight excluding hydrogens is 283 g/mol. The van der Waals surface area contributed by atoms with E-state index in [1.165, 1.54) is 12.1 Å². The van der Waals surface area contributed by atoms with Gasteiger partial charge in [0.1, 0.15) is 0 Å². The number of anilines is 1. The number of amides is 1. The Balaban J connectivity index is 3.18. The van der Waals surface area contributed by atoms with Gasteiger partial charge in [0.15, 0.2) is 0 Å². The molecule has 0 fully saturated rings.